The van der Waals surface area contributed by atoms with Crippen LogP contribution in [0.15, 0.2) is 29.5 Å². The molecule has 0 aliphatic heterocycles. The number of nitrogens with one attached hydrogen (secondary N) is 2. The molecule has 0 radical (unpaired) electrons. The maximum Gasteiger partial charge on any atom is 0.191 e. The molecule has 2 N–H and O–H groups in total. The Labute approximate surface area is 155 Å². The van der Waals surface area contributed by atoms with E-state index >= 15 is 0 Å². The number of halogens is 3. The molecule has 3 rings (SSSR count). The Morgan fingerprint density at radius 1 is 1.38 bits per heavy atom. The lowest BCUT2D eigenvalue weighted by Crippen LogP contribution is -2.39. The summed E-state index contributed by atoms with van der Waals surface area (Å²) < 4.78 is 29.2. The number of aromatic nitrogens is 3. The van der Waals surface area contributed by atoms with Crippen molar-refractivity contribution in [2.75, 3.05) is 7.05 Å². The quantitative estimate of drug-likeness (QED) is 0.427. The van der Waals surface area contributed by atoms with Gasteiger partial charge in [-0.3, -0.25) is 9.67 Å². The fourth-order valence-electron chi connectivity index (χ4n) is 2.55. The standard InChI is InChI=1S/C15H18F2N6.HI/c1-18-15(19-7-13-20-8-21-23(13)2)22-12-6-9(12)14-10(16)4-3-5-11(14)17;/h3-5,8-9,12H,6-7H2,1-2H3,(H2,18,19,22);1H. The van der Waals surface area contributed by atoms with Gasteiger partial charge in [-0.15, -0.1) is 24.0 Å². The van der Waals surface area contributed by atoms with Gasteiger partial charge in [0.25, 0.3) is 0 Å². The highest BCUT2D eigenvalue weighted by Crippen LogP contribution is 2.42. The number of benzene rings is 1. The highest BCUT2D eigenvalue weighted by atomic mass is 127. The fraction of sp³-hybridized carbons (Fsp3) is 0.400. The third kappa shape index (κ3) is 4.00. The van der Waals surface area contributed by atoms with Crippen molar-refractivity contribution in [3.63, 3.8) is 0 Å². The Hall–Kier alpha value is -1.78. The molecule has 24 heavy (non-hydrogen) atoms. The highest BCUT2D eigenvalue weighted by Gasteiger charge is 2.42. The first-order chi connectivity index (χ1) is 11.1. The van der Waals surface area contributed by atoms with Gasteiger partial charge in [0.15, 0.2) is 5.96 Å². The summed E-state index contributed by atoms with van der Waals surface area (Å²) >= 11 is 0. The molecule has 1 aromatic heterocycles. The molecule has 2 unspecified atom stereocenters. The predicted octanol–water partition coefficient (Wildman–Crippen LogP) is 1.93. The van der Waals surface area contributed by atoms with Gasteiger partial charge < -0.3 is 10.6 Å². The van der Waals surface area contributed by atoms with Crippen LogP contribution in [0.1, 0.15) is 23.7 Å². The lowest BCUT2D eigenvalue weighted by atomic mass is 10.1. The van der Waals surface area contributed by atoms with Crippen LogP contribution in [-0.2, 0) is 13.6 Å². The normalized spacial score (nSPS) is 19.6. The van der Waals surface area contributed by atoms with Crippen molar-refractivity contribution in [3.05, 3.63) is 47.5 Å². The van der Waals surface area contributed by atoms with Crippen LogP contribution >= 0.6 is 24.0 Å². The Morgan fingerprint density at radius 3 is 2.67 bits per heavy atom. The van der Waals surface area contributed by atoms with Crippen LogP contribution in [0.3, 0.4) is 0 Å². The molecule has 6 nitrogen and oxygen atoms in total. The Kier molecular flexibility index (Phi) is 6.08. The summed E-state index contributed by atoms with van der Waals surface area (Å²) in [7, 11) is 3.45. The average Bonchev–Trinajstić information content (AvgIpc) is 3.15. The van der Waals surface area contributed by atoms with E-state index in [1.807, 2.05) is 0 Å². The van der Waals surface area contributed by atoms with Crippen molar-refractivity contribution in [1.82, 2.24) is 25.4 Å². The second-order valence-electron chi connectivity index (χ2n) is 5.45. The molecular weight excluding hydrogens is 429 g/mol. The van der Waals surface area contributed by atoms with Crippen molar-refractivity contribution < 1.29 is 8.78 Å². The van der Waals surface area contributed by atoms with Gasteiger partial charge in [-0.25, -0.2) is 13.8 Å². The SMILES string of the molecule is CN=C(NCc1ncnn1C)NC1CC1c1c(F)cccc1F.I. The number of aliphatic imine (C=N–C) groups is 1. The number of guanidine groups is 1. The largest absolute Gasteiger partial charge is 0.353 e. The first-order valence-corrected chi connectivity index (χ1v) is 7.34. The zero-order valence-corrected chi connectivity index (χ0v) is 15.7. The first-order valence-electron chi connectivity index (χ1n) is 7.34. The van der Waals surface area contributed by atoms with E-state index < -0.39 is 11.6 Å². The van der Waals surface area contributed by atoms with E-state index in [0.29, 0.717) is 18.9 Å². The summed E-state index contributed by atoms with van der Waals surface area (Å²) in [6.07, 6.45) is 2.15. The second-order valence-corrected chi connectivity index (χ2v) is 5.45. The van der Waals surface area contributed by atoms with Crippen LogP contribution < -0.4 is 10.6 Å². The van der Waals surface area contributed by atoms with Gasteiger partial charge in [0.2, 0.25) is 0 Å². The molecule has 1 aromatic carbocycles. The van der Waals surface area contributed by atoms with Crippen molar-refractivity contribution in [1.29, 1.82) is 0 Å². The van der Waals surface area contributed by atoms with Gasteiger partial charge >= 0.3 is 0 Å². The summed E-state index contributed by atoms with van der Waals surface area (Å²) in [4.78, 5) is 8.23. The number of aryl methyl sites for hydroxylation is 1. The van der Waals surface area contributed by atoms with Gasteiger partial charge in [0.05, 0.1) is 6.54 Å². The Balaban J connectivity index is 0.00000208. The zero-order valence-electron chi connectivity index (χ0n) is 13.3. The van der Waals surface area contributed by atoms with Gasteiger partial charge in [-0.1, -0.05) is 6.07 Å². The smallest absolute Gasteiger partial charge is 0.191 e. The third-order valence-electron chi connectivity index (χ3n) is 3.93. The number of nitrogens with zero attached hydrogens (tertiary/aromatic N) is 4. The van der Waals surface area contributed by atoms with Crippen LogP contribution in [0.5, 0.6) is 0 Å². The Bertz CT molecular complexity index is 712. The van der Waals surface area contributed by atoms with Gasteiger partial charge in [-0.2, -0.15) is 5.10 Å². The molecule has 1 fully saturated rings. The van der Waals surface area contributed by atoms with E-state index in [-0.39, 0.29) is 41.5 Å². The summed E-state index contributed by atoms with van der Waals surface area (Å²) in [6, 6.07) is 3.91. The topological polar surface area (TPSA) is 67.1 Å². The van der Waals surface area contributed by atoms with E-state index in [1.165, 1.54) is 24.5 Å². The third-order valence-corrected chi connectivity index (χ3v) is 3.93. The van der Waals surface area contributed by atoms with Crippen LogP contribution in [0, 0.1) is 11.6 Å². The molecule has 9 heteroatoms. The van der Waals surface area contributed by atoms with E-state index in [1.54, 1.807) is 18.8 Å². The molecule has 1 saturated carbocycles. The van der Waals surface area contributed by atoms with Gasteiger partial charge in [0.1, 0.15) is 23.8 Å². The summed E-state index contributed by atoms with van der Waals surface area (Å²) in [6.45, 7) is 0.460. The minimum absolute atomic E-state index is 0. The molecule has 1 aliphatic carbocycles. The number of rotatable bonds is 4. The van der Waals surface area contributed by atoms with E-state index in [0.717, 1.165) is 5.82 Å². The molecule has 0 bridgehead atoms. The molecular formula is C15H19F2IN6. The average molecular weight is 448 g/mol. The summed E-state index contributed by atoms with van der Waals surface area (Å²) in [5, 5.41) is 10.3. The lowest BCUT2D eigenvalue weighted by molar-refractivity contribution is 0.553. The maximum atomic E-state index is 13.8. The van der Waals surface area contributed by atoms with Crippen molar-refractivity contribution in [3.8, 4) is 0 Å². The molecule has 130 valence electrons. The number of hydrogen-bond acceptors (Lipinski definition) is 3. The van der Waals surface area contributed by atoms with Crippen molar-refractivity contribution in [2.24, 2.45) is 12.0 Å². The van der Waals surface area contributed by atoms with Gasteiger partial charge in [-0.05, 0) is 18.6 Å². The van der Waals surface area contributed by atoms with E-state index in [2.05, 4.69) is 25.7 Å². The van der Waals surface area contributed by atoms with Gasteiger partial charge in [0, 0.05) is 31.6 Å². The fourth-order valence-corrected chi connectivity index (χ4v) is 2.55. The zero-order chi connectivity index (χ0) is 16.4. The molecule has 1 heterocycles. The highest BCUT2D eigenvalue weighted by molar-refractivity contribution is 14.0. The minimum Gasteiger partial charge on any atom is -0.353 e. The molecule has 2 atom stereocenters. The second kappa shape index (κ2) is 7.86. The van der Waals surface area contributed by atoms with E-state index in [9.17, 15) is 8.78 Å². The number of hydrogen-bond donors (Lipinski definition) is 2. The Morgan fingerprint density at radius 2 is 2.08 bits per heavy atom. The summed E-state index contributed by atoms with van der Waals surface area (Å²) in [5.41, 5.74) is 0.147. The maximum absolute atomic E-state index is 13.8. The molecule has 0 amide bonds. The van der Waals surface area contributed by atoms with Crippen molar-refractivity contribution >= 4 is 29.9 Å². The van der Waals surface area contributed by atoms with E-state index in [4.69, 9.17) is 0 Å². The van der Waals surface area contributed by atoms with Crippen LogP contribution in [0.2, 0.25) is 0 Å². The molecule has 1 aliphatic rings. The van der Waals surface area contributed by atoms with Crippen LogP contribution in [0.4, 0.5) is 8.78 Å². The minimum atomic E-state index is -0.499. The monoisotopic (exact) mass is 448 g/mol. The van der Waals surface area contributed by atoms with Crippen LogP contribution in [0.25, 0.3) is 0 Å². The predicted molar refractivity (Wildman–Crippen MR) is 97.3 cm³/mol. The molecule has 0 saturated heterocycles. The van der Waals surface area contributed by atoms with Crippen LogP contribution in [-0.4, -0.2) is 33.8 Å². The molecule has 0 spiro atoms. The first kappa shape index (κ1) is 18.6. The lowest BCUT2D eigenvalue weighted by Gasteiger charge is -2.12. The van der Waals surface area contributed by atoms with Crippen molar-refractivity contribution in [2.45, 2.75) is 24.9 Å². The summed E-state index contributed by atoms with van der Waals surface area (Å²) in [5.74, 6) is 0.157. The molecule has 2 aromatic rings.